The molecule has 1 aromatic rings. The van der Waals surface area contributed by atoms with E-state index in [1.54, 1.807) is 19.1 Å². The van der Waals surface area contributed by atoms with Crippen molar-refractivity contribution in [2.24, 2.45) is 5.92 Å². The summed E-state index contributed by atoms with van der Waals surface area (Å²) in [6, 6.07) is 7.30. The number of hydrogen-bond donors (Lipinski definition) is 1. The molecule has 1 N–H and O–H groups in total. The van der Waals surface area contributed by atoms with Crippen LogP contribution in [-0.4, -0.2) is 35.9 Å². The summed E-state index contributed by atoms with van der Waals surface area (Å²) in [5, 5.41) is 10.3. The monoisotopic (exact) mass is 233 g/mol. The predicted octanol–water partition coefficient (Wildman–Crippen LogP) is 1.87. The van der Waals surface area contributed by atoms with Gasteiger partial charge in [0, 0.05) is 18.0 Å². The molecule has 0 saturated carbocycles. The Balaban J connectivity index is 2.09. The Kier molecular flexibility index (Phi) is 3.60. The summed E-state index contributed by atoms with van der Waals surface area (Å²) < 4.78 is 0. The van der Waals surface area contributed by atoms with Crippen LogP contribution >= 0.6 is 0 Å². The van der Waals surface area contributed by atoms with E-state index < -0.39 is 6.10 Å². The highest BCUT2D eigenvalue weighted by Crippen LogP contribution is 2.29. The highest BCUT2D eigenvalue weighted by atomic mass is 16.3. The minimum absolute atomic E-state index is 0.0617. The van der Waals surface area contributed by atoms with E-state index >= 15 is 0 Å². The highest BCUT2D eigenvalue weighted by molar-refractivity contribution is 5.94. The summed E-state index contributed by atoms with van der Waals surface area (Å²) >= 11 is 0. The third-order valence-electron chi connectivity index (χ3n) is 3.53. The number of ketones is 1. The van der Waals surface area contributed by atoms with Gasteiger partial charge in [0.2, 0.25) is 0 Å². The summed E-state index contributed by atoms with van der Waals surface area (Å²) in [6.45, 7) is 3.54. The molecule has 3 nitrogen and oxygen atoms in total. The molecule has 92 valence electrons. The molecule has 1 aliphatic heterocycles. The Labute approximate surface area is 102 Å². The van der Waals surface area contributed by atoms with Crippen LogP contribution in [0.4, 0.5) is 0 Å². The number of hydrogen-bond acceptors (Lipinski definition) is 3. The SMILES string of the molecule is CC(=O)c1ccc(C(O)C2CCN(C)C2)cc1. The number of aliphatic hydroxyl groups excluding tert-OH is 1. The molecule has 2 unspecified atom stereocenters. The van der Waals surface area contributed by atoms with Gasteiger partial charge in [0.05, 0.1) is 6.10 Å². The number of aliphatic hydroxyl groups is 1. The molecule has 0 amide bonds. The maximum absolute atomic E-state index is 11.2. The van der Waals surface area contributed by atoms with Crippen LogP contribution in [0.25, 0.3) is 0 Å². The van der Waals surface area contributed by atoms with Crippen molar-refractivity contribution in [3.63, 3.8) is 0 Å². The van der Waals surface area contributed by atoms with E-state index in [2.05, 4.69) is 11.9 Å². The number of Topliss-reactive ketones (excluding diaryl/α,β-unsaturated/α-hetero) is 1. The van der Waals surface area contributed by atoms with E-state index in [4.69, 9.17) is 0 Å². The van der Waals surface area contributed by atoms with Crippen molar-refractivity contribution in [2.75, 3.05) is 20.1 Å². The van der Waals surface area contributed by atoms with Crippen LogP contribution in [0.5, 0.6) is 0 Å². The van der Waals surface area contributed by atoms with Crippen molar-refractivity contribution in [3.8, 4) is 0 Å². The quantitative estimate of drug-likeness (QED) is 0.810. The average molecular weight is 233 g/mol. The number of nitrogens with zero attached hydrogens (tertiary/aromatic N) is 1. The normalized spacial score (nSPS) is 22.6. The maximum Gasteiger partial charge on any atom is 0.159 e. The molecule has 0 aromatic heterocycles. The molecule has 1 aromatic carbocycles. The molecule has 1 heterocycles. The zero-order valence-electron chi connectivity index (χ0n) is 10.4. The van der Waals surface area contributed by atoms with Crippen molar-refractivity contribution in [1.29, 1.82) is 0 Å². The van der Waals surface area contributed by atoms with Crippen molar-refractivity contribution in [2.45, 2.75) is 19.4 Å². The van der Waals surface area contributed by atoms with E-state index in [9.17, 15) is 9.90 Å². The molecule has 2 atom stereocenters. The van der Waals surface area contributed by atoms with E-state index in [0.717, 1.165) is 25.1 Å². The van der Waals surface area contributed by atoms with Gasteiger partial charge in [0.25, 0.3) is 0 Å². The topological polar surface area (TPSA) is 40.5 Å². The second kappa shape index (κ2) is 4.98. The van der Waals surface area contributed by atoms with Gasteiger partial charge in [-0.2, -0.15) is 0 Å². The van der Waals surface area contributed by atoms with Crippen LogP contribution < -0.4 is 0 Å². The van der Waals surface area contributed by atoms with E-state index in [-0.39, 0.29) is 5.78 Å². The summed E-state index contributed by atoms with van der Waals surface area (Å²) in [5.41, 5.74) is 1.61. The molecule has 17 heavy (non-hydrogen) atoms. The predicted molar refractivity (Wildman–Crippen MR) is 67.0 cm³/mol. The van der Waals surface area contributed by atoms with Crippen LogP contribution in [0.2, 0.25) is 0 Å². The third-order valence-corrected chi connectivity index (χ3v) is 3.53. The third kappa shape index (κ3) is 2.73. The number of rotatable bonds is 3. The van der Waals surface area contributed by atoms with Gasteiger partial charge in [-0.3, -0.25) is 4.79 Å². The largest absolute Gasteiger partial charge is 0.388 e. The first-order chi connectivity index (χ1) is 8.08. The minimum Gasteiger partial charge on any atom is -0.388 e. The molecule has 0 aliphatic carbocycles. The van der Waals surface area contributed by atoms with Gasteiger partial charge < -0.3 is 10.0 Å². The fourth-order valence-electron chi connectivity index (χ4n) is 2.41. The van der Waals surface area contributed by atoms with Crippen LogP contribution in [0.3, 0.4) is 0 Å². The first-order valence-corrected chi connectivity index (χ1v) is 6.05. The van der Waals surface area contributed by atoms with Crippen LogP contribution in [-0.2, 0) is 0 Å². The van der Waals surface area contributed by atoms with Gasteiger partial charge in [-0.25, -0.2) is 0 Å². The Morgan fingerprint density at radius 3 is 2.53 bits per heavy atom. The molecule has 2 rings (SSSR count). The molecule has 3 heteroatoms. The Morgan fingerprint density at radius 1 is 1.41 bits per heavy atom. The van der Waals surface area contributed by atoms with Crippen molar-refractivity contribution in [3.05, 3.63) is 35.4 Å². The highest BCUT2D eigenvalue weighted by Gasteiger charge is 2.27. The zero-order valence-corrected chi connectivity index (χ0v) is 10.4. The molecule has 1 fully saturated rings. The molecule has 1 aliphatic rings. The van der Waals surface area contributed by atoms with E-state index in [1.165, 1.54) is 0 Å². The standard InChI is InChI=1S/C14H19NO2/c1-10(16)11-3-5-12(6-4-11)14(17)13-7-8-15(2)9-13/h3-6,13-14,17H,7-9H2,1-2H3. The summed E-state index contributed by atoms with van der Waals surface area (Å²) in [7, 11) is 2.07. The number of carbonyl (C=O) groups is 1. The second-order valence-electron chi connectivity index (χ2n) is 4.93. The second-order valence-corrected chi connectivity index (χ2v) is 4.93. The summed E-state index contributed by atoms with van der Waals surface area (Å²) in [5.74, 6) is 0.370. The fourth-order valence-corrected chi connectivity index (χ4v) is 2.41. The van der Waals surface area contributed by atoms with E-state index in [0.29, 0.717) is 11.5 Å². The number of benzene rings is 1. The molecular formula is C14H19NO2. The lowest BCUT2D eigenvalue weighted by atomic mass is 9.94. The van der Waals surface area contributed by atoms with Crippen molar-refractivity contribution >= 4 is 5.78 Å². The van der Waals surface area contributed by atoms with Crippen LogP contribution in [0.15, 0.2) is 24.3 Å². The van der Waals surface area contributed by atoms with Crippen LogP contribution in [0, 0.1) is 5.92 Å². The first kappa shape index (κ1) is 12.3. The van der Waals surface area contributed by atoms with Crippen molar-refractivity contribution in [1.82, 2.24) is 4.90 Å². The Bertz CT molecular complexity index is 399. The smallest absolute Gasteiger partial charge is 0.159 e. The Hall–Kier alpha value is -1.19. The molecule has 0 radical (unpaired) electrons. The summed E-state index contributed by atoms with van der Waals surface area (Å²) in [4.78, 5) is 13.4. The molecule has 0 spiro atoms. The van der Waals surface area contributed by atoms with E-state index in [1.807, 2.05) is 12.1 Å². The van der Waals surface area contributed by atoms with Gasteiger partial charge in [0.1, 0.15) is 0 Å². The van der Waals surface area contributed by atoms with Gasteiger partial charge >= 0.3 is 0 Å². The molecule has 1 saturated heterocycles. The van der Waals surface area contributed by atoms with Crippen molar-refractivity contribution < 1.29 is 9.90 Å². The lowest BCUT2D eigenvalue weighted by Crippen LogP contribution is -2.18. The maximum atomic E-state index is 11.2. The first-order valence-electron chi connectivity index (χ1n) is 6.05. The van der Waals surface area contributed by atoms with Gasteiger partial charge in [-0.15, -0.1) is 0 Å². The number of likely N-dealkylation sites (tertiary alicyclic amines) is 1. The van der Waals surface area contributed by atoms with Gasteiger partial charge in [0.15, 0.2) is 5.78 Å². The summed E-state index contributed by atoms with van der Waals surface area (Å²) in [6.07, 6.45) is 0.618. The van der Waals surface area contributed by atoms with Crippen LogP contribution in [0.1, 0.15) is 35.4 Å². The Morgan fingerprint density at radius 2 is 2.06 bits per heavy atom. The lowest BCUT2D eigenvalue weighted by molar-refractivity contribution is 0.101. The molecule has 0 bridgehead atoms. The lowest BCUT2D eigenvalue weighted by Gasteiger charge is -2.18. The van der Waals surface area contributed by atoms with Gasteiger partial charge in [-0.1, -0.05) is 24.3 Å². The minimum atomic E-state index is -0.416. The number of carbonyl (C=O) groups excluding carboxylic acids is 1. The van der Waals surface area contributed by atoms with Gasteiger partial charge in [-0.05, 0) is 32.5 Å². The molecular weight excluding hydrogens is 214 g/mol. The zero-order chi connectivity index (χ0) is 12.4. The average Bonchev–Trinajstić information content (AvgIpc) is 2.75. The fraction of sp³-hybridized carbons (Fsp3) is 0.500.